The highest BCUT2D eigenvalue weighted by Crippen LogP contribution is 2.30. The van der Waals surface area contributed by atoms with E-state index < -0.39 is 28.1 Å². The van der Waals surface area contributed by atoms with Crippen molar-refractivity contribution < 1.29 is 37.3 Å². The number of benzene rings is 3. The van der Waals surface area contributed by atoms with E-state index in [9.17, 15) is 23.1 Å². The Labute approximate surface area is 295 Å². The van der Waals surface area contributed by atoms with Crippen molar-refractivity contribution in [1.82, 2.24) is 9.80 Å². The van der Waals surface area contributed by atoms with Gasteiger partial charge in [-0.1, -0.05) is 24.6 Å². The van der Waals surface area contributed by atoms with E-state index in [4.69, 9.17) is 14.2 Å². The van der Waals surface area contributed by atoms with Gasteiger partial charge in [0, 0.05) is 44.0 Å². The molecule has 4 rings (SSSR count). The number of amides is 3. The minimum absolute atomic E-state index is 0.0948. The van der Waals surface area contributed by atoms with E-state index in [1.165, 1.54) is 18.2 Å². The molecule has 0 saturated heterocycles. The van der Waals surface area contributed by atoms with Gasteiger partial charge in [0.25, 0.3) is 15.9 Å². The van der Waals surface area contributed by atoms with Gasteiger partial charge in [-0.25, -0.2) is 13.2 Å². The molecule has 1 heterocycles. The molecule has 1 aliphatic rings. The number of ether oxygens (including phenoxy) is 3. The van der Waals surface area contributed by atoms with Crippen LogP contribution in [-0.4, -0.2) is 94.0 Å². The molecular formula is C37H50N4O8S. The van der Waals surface area contributed by atoms with Crippen molar-refractivity contribution in [2.75, 3.05) is 50.5 Å². The molecule has 1 aliphatic heterocycles. The smallest absolute Gasteiger partial charge is 0.321 e. The second-order valence-electron chi connectivity index (χ2n) is 13.0. The molecule has 50 heavy (non-hydrogen) atoms. The number of aliphatic hydroxyl groups excluding tert-OH is 1. The summed E-state index contributed by atoms with van der Waals surface area (Å²) >= 11 is 0. The predicted octanol–water partition coefficient (Wildman–Crippen LogP) is 5.76. The first-order chi connectivity index (χ1) is 23.8. The minimum Gasteiger partial charge on any atom is -0.497 e. The number of carbonyl (C=O) groups is 2. The highest BCUT2D eigenvalue weighted by molar-refractivity contribution is 7.92. The fraction of sp³-hybridized carbons (Fsp3) is 0.459. The fourth-order valence-electron chi connectivity index (χ4n) is 5.63. The van der Waals surface area contributed by atoms with Crippen LogP contribution in [0.4, 0.5) is 16.2 Å². The first kappa shape index (κ1) is 38.5. The number of anilines is 2. The van der Waals surface area contributed by atoms with Crippen LogP contribution in [0.15, 0.2) is 71.6 Å². The zero-order valence-corrected chi connectivity index (χ0v) is 30.5. The van der Waals surface area contributed by atoms with E-state index in [1.54, 1.807) is 79.4 Å². The van der Waals surface area contributed by atoms with Crippen molar-refractivity contribution in [2.45, 2.75) is 70.1 Å². The quantitative estimate of drug-likeness (QED) is 0.254. The standard InChI is InChI=1S/C37H50N4O8S/c1-25-10-17-32(18-11-25)50(45,46)39-30-14-19-34-33(21-30)36(43)41(27(3)24-42)22-26(2)35(48-20-8-7-9-28(4)49-34)23-40(5)37(44)38-29-12-15-31(47-6)16-13-29/h10-19,21,26-28,35,39,42H,7-9,20,22-24H2,1-6H3,(H,38,44)/t26-,27+,28+,35+/m0/s1. The molecule has 0 spiro atoms. The zero-order valence-electron chi connectivity index (χ0n) is 29.7. The van der Waals surface area contributed by atoms with Crippen LogP contribution in [0.1, 0.15) is 56.0 Å². The largest absolute Gasteiger partial charge is 0.497 e. The lowest BCUT2D eigenvalue weighted by atomic mass is 10.0. The molecular weight excluding hydrogens is 660 g/mol. The first-order valence-electron chi connectivity index (χ1n) is 16.9. The number of carbonyl (C=O) groups excluding carboxylic acids is 2. The Hall–Kier alpha value is -4.33. The van der Waals surface area contributed by atoms with E-state index in [2.05, 4.69) is 10.0 Å². The number of sulfonamides is 1. The first-order valence-corrected chi connectivity index (χ1v) is 18.4. The number of fused-ring (bicyclic) bond motifs is 1. The summed E-state index contributed by atoms with van der Waals surface area (Å²) in [5.74, 6) is 0.304. The molecule has 272 valence electrons. The lowest BCUT2D eigenvalue weighted by Gasteiger charge is -2.35. The molecule has 0 aromatic heterocycles. The fourth-order valence-corrected chi connectivity index (χ4v) is 6.68. The summed E-state index contributed by atoms with van der Waals surface area (Å²) in [5.41, 5.74) is 1.91. The van der Waals surface area contributed by atoms with Crippen LogP contribution >= 0.6 is 0 Å². The van der Waals surface area contributed by atoms with Gasteiger partial charge in [0.05, 0.1) is 42.4 Å². The maximum Gasteiger partial charge on any atom is 0.321 e. The molecule has 13 heteroatoms. The van der Waals surface area contributed by atoms with Crippen molar-refractivity contribution in [3.05, 3.63) is 77.9 Å². The minimum atomic E-state index is -3.94. The molecule has 0 bridgehead atoms. The lowest BCUT2D eigenvalue weighted by molar-refractivity contribution is -0.0115. The average Bonchev–Trinajstić information content (AvgIpc) is 3.09. The summed E-state index contributed by atoms with van der Waals surface area (Å²) in [6, 6.07) is 17.3. The average molecular weight is 711 g/mol. The van der Waals surface area contributed by atoms with Crippen molar-refractivity contribution in [3.63, 3.8) is 0 Å². The van der Waals surface area contributed by atoms with Crippen LogP contribution in [0, 0.1) is 12.8 Å². The van der Waals surface area contributed by atoms with Crippen LogP contribution in [0.25, 0.3) is 0 Å². The number of aliphatic hydroxyl groups is 1. The second-order valence-corrected chi connectivity index (χ2v) is 14.7. The predicted molar refractivity (Wildman–Crippen MR) is 194 cm³/mol. The molecule has 0 fully saturated rings. The third-order valence-electron chi connectivity index (χ3n) is 8.78. The van der Waals surface area contributed by atoms with Gasteiger partial charge in [-0.3, -0.25) is 9.52 Å². The Morgan fingerprint density at radius 3 is 2.40 bits per heavy atom. The van der Waals surface area contributed by atoms with Gasteiger partial charge in [0.1, 0.15) is 11.5 Å². The van der Waals surface area contributed by atoms with Crippen molar-refractivity contribution in [3.8, 4) is 11.5 Å². The zero-order chi connectivity index (χ0) is 36.4. The number of hydrogen-bond acceptors (Lipinski definition) is 8. The number of nitrogens with one attached hydrogen (secondary N) is 2. The maximum absolute atomic E-state index is 14.4. The highest BCUT2D eigenvalue weighted by atomic mass is 32.2. The van der Waals surface area contributed by atoms with Gasteiger partial charge in [-0.2, -0.15) is 0 Å². The SMILES string of the molecule is COc1ccc(NC(=O)N(C)C[C@H]2OCCCC[C@@H](C)Oc3ccc(NS(=O)(=O)c4ccc(C)cc4)cc3C(=O)N([C@H](C)CO)C[C@@H]2C)cc1. The second kappa shape index (κ2) is 17.6. The molecule has 4 atom stereocenters. The number of nitrogens with zero attached hydrogens (tertiary/aromatic N) is 2. The van der Waals surface area contributed by atoms with Crippen molar-refractivity contribution in [1.29, 1.82) is 0 Å². The Morgan fingerprint density at radius 1 is 1.06 bits per heavy atom. The Kier molecular flexibility index (Phi) is 13.5. The Morgan fingerprint density at radius 2 is 1.74 bits per heavy atom. The van der Waals surface area contributed by atoms with Crippen LogP contribution in [-0.2, 0) is 14.8 Å². The van der Waals surface area contributed by atoms with Gasteiger partial charge < -0.3 is 34.4 Å². The van der Waals surface area contributed by atoms with Crippen molar-refractivity contribution >= 4 is 33.3 Å². The monoisotopic (exact) mass is 710 g/mol. The van der Waals surface area contributed by atoms with E-state index >= 15 is 0 Å². The Bertz CT molecular complexity index is 1680. The Balaban J connectivity index is 1.61. The normalized spacial score (nSPS) is 19.7. The van der Waals surface area contributed by atoms with Crippen LogP contribution in [0.5, 0.6) is 11.5 Å². The van der Waals surface area contributed by atoms with E-state index in [0.717, 1.165) is 18.4 Å². The highest BCUT2D eigenvalue weighted by Gasteiger charge is 2.31. The summed E-state index contributed by atoms with van der Waals surface area (Å²) in [6.07, 6.45) is 1.58. The summed E-state index contributed by atoms with van der Waals surface area (Å²) in [7, 11) is -0.677. The van der Waals surface area contributed by atoms with Crippen LogP contribution in [0.3, 0.4) is 0 Å². The van der Waals surface area contributed by atoms with Crippen LogP contribution in [0.2, 0.25) is 0 Å². The molecule has 3 aromatic carbocycles. The lowest BCUT2D eigenvalue weighted by Crippen LogP contribution is -2.48. The van der Waals surface area contributed by atoms with Gasteiger partial charge in [0.15, 0.2) is 0 Å². The number of methoxy groups -OCH3 is 1. The summed E-state index contributed by atoms with van der Waals surface area (Å²) < 4.78 is 46.9. The molecule has 12 nitrogen and oxygen atoms in total. The number of aryl methyl sites for hydroxylation is 1. The number of hydrogen-bond donors (Lipinski definition) is 3. The van der Waals surface area contributed by atoms with Gasteiger partial charge >= 0.3 is 6.03 Å². The number of likely N-dealkylation sites (N-methyl/N-ethyl adjacent to an activating group) is 1. The molecule has 0 saturated carbocycles. The topological polar surface area (TPSA) is 147 Å². The molecule has 0 aliphatic carbocycles. The molecule has 0 radical (unpaired) electrons. The summed E-state index contributed by atoms with van der Waals surface area (Å²) in [4.78, 5) is 30.8. The molecule has 3 N–H and O–H groups in total. The third-order valence-corrected chi connectivity index (χ3v) is 10.2. The van der Waals surface area contributed by atoms with Gasteiger partial charge in [-0.05, 0) is 94.6 Å². The summed E-state index contributed by atoms with van der Waals surface area (Å²) in [6.45, 7) is 8.07. The third kappa shape index (κ3) is 10.3. The summed E-state index contributed by atoms with van der Waals surface area (Å²) in [5, 5.41) is 13.1. The van der Waals surface area contributed by atoms with Crippen molar-refractivity contribution in [2.24, 2.45) is 5.92 Å². The number of rotatable bonds is 9. The maximum atomic E-state index is 14.4. The van der Waals surface area contributed by atoms with E-state index in [0.29, 0.717) is 30.2 Å². The molecule has 3 amide bonds. The van der Waals surface area contributed by atoms with Crippen LogP contribution < -0.4 is 19.5 Å². The van der Waals surface area contributed by atoms with Gasteiger partial charge in [0.2, 0.25) is 0 Å². The van der Waals surface area contributed by atoms with E-state index in [-0.39, 0.29) is 53.9 Å². The molecule has 3 aromatic rings. The van der Waals surface area contributed by atoms with E-state index in [1.807, 2.05) is 20.8 Å². The number of urea groups is 1. The molecule has 0 unspecified atom stereocenters. The van der Waals surface area contributed by atoms with Gasteiger partial charge in [-0.15, -0.1) is 0 Å².